The van der Waals surface area contributed by atoms with Crippen LogP contribution in [0.15, 0.2) is 18.2 Å². The van der Waals surface area contributed by atoms with Crippen molar-refractivity contribution in [3.63, 3.8) is 0 Å². The van der Waals surface area contributed by atoms with Crippen LogP contribution in [0, 0.1) is 13.8 Å². The summed E-state index contributed by atoms with van der Waals surface area (Å²) in [4.78, 5) is 29.4. The summed E-state index contributed by atoms with van der Waals surface area (Å²) in [6.45, 7) is 5.91. The van der Waals surface area contributed by atoms with Crippen LogP contribution < -0.4 is 9.47 Å². The van der Waals surface area contributed by atoms with Crippen molar-refractivity contribution in [2.75, 3.05) is 27.8 Å². The van der Waals surface area contributed by atoms with E-state index in [0.717, 1.165) is 28.3 Å². The Hall–Kier alpha value is -2.60. The molecule has 0 radical (unpaired) electrons. The molecule has 26 heavy (non-hydrogen) atoms. The molecule has 0 saturated carbocycles. The van der Waals surface area contributed by atoms with E-state index in [9.17, 15) is 9.59 Å². The molecule has 0 spiro atoms. The van der Waals surface area contributed by atoms with E-state index in [-0.39, 0.29) is 18.1 Å². The fourth-order valence-electron chi connectivity index (χ4n) is 3.21. The second-order valence-corrected chi connectivity index (χ2v) is 6.45. The molecule has 0 aliphatic carbocycles. The molecule has 2 rings (SSSR count). The lowest BCUT2D eigenvalue weighted by Crippen LogP contribution is -2.26. The van der Waals surface area contributed by atoms with E-state index in [1.54, 1.807) is 21.1 Å². The van der Waals surface area contributed by atoms with Gasteiger partial charge in [0.25, 0.3) is 0 Å². The fourth-order valence-corrected chi connectivity index (χ4v) is 3.21. The maximum Gasteiger partial charge on any atom is 0.193 e. The topological polar surface area (TPSA) is 71.6 Å². The predicted octanol–water partition coefficient (Wildman–Crippen LogP) is 3.17. The number of rotatable bonds is 8. The first-order chi connectivity index (χ1) is 12.3. The van der Waals surface area contributed by atoms with Crippen LogP contribution in [-0.2, 0) is 6.54 Å². The summed E-state index contributed by atoms with van der Waals surface area (Å²) >= 11 is 0. The molecular weight excluding hydrogens is 332 g/mol. The lowest BCUT2D eigenvalue weighted by atomic mass is 10.1. The number of ketones is 2. The minimum atomic E-state index is -0.0481. The molecule has 0 aliphatic rings. The maximum absolute atomic E-state index is 12.7. The summed E-state index contributed by atoms with van der Waals surface area (Å²) in [5.41, 5.74) is 3.52. The summed E-state index contributed by atoms with van der Waals surface area (Å²) < 4.78 is 10.6. The van der Waals surface area contributed by atoms with Gasteiger partial charge in [0.05, 0.1) is 26.5 Å². The minimum absolute atomic E-state index is 0.0355. The number of methoxy groups -OCH3 is 2. The Balaban J connectivity index is 2.13. The number of hydrogen-bond acceptors (Lipinski definition) is 5. The van der Waals surface area contributed by atoms with Gasteiger partial charge in [-0.25, -0.2) is 0 Å². The number of nitrogens with zero attached hydrogens (tertiary/aromatic N) is 1. The Kier molecular flexibility index (Phi) is 6.21. The van der Waals surface area contributed by atoms with Crippen molar-refractivity contribution in [1.29, 1.82) is 0 Å². The van der Waals surface area contributed by atoms with Crippen molar-refractivity contribution >= 4 is 11.6 Å². The van der Waals surface area contributed by atoms with Crippen LogP contribution in [0.4, 0.5) is 0 Å². The Morgan fingerprint density at radius 2 is 1.85 bits per heavy atom. The van der Waals surface area contributed by atoms with Crippen molar-refractivity contribution < 1.29 is 19.1 Å². The van der Waals surface area contributed by atoms with Gasteiger partial charge in [-0.05, 0) is 39.4 Å². The summed E-state index contributed by atoms with van der Waals surface area (Å²) in [6, 6.07) is 5.62. The summed E-state index contributed by atoms with van der Waals surface area (Å²) in [6.07, 6.45) is 0. The van der Waals surface area contributed by atoms with Gasteiger partial charge in [-0.2, -0.15) is 0 Å². The molecule has 0 amide bonds. The molecule has 0 aliphatic heterocycles. The Morgan fingerprint density at radius 1 is 1.15 bits per heavy atom. The molecule has 6 heteroatoms. The van der Waals surface area contributed by atoms with Gasteiger partial charge >= 0.3 is 0 Å². The molecule has 0 saturated heterocycles. The molecule has 6 nitrogen and oxygen atoms in total. The number of benzene rings is 1. The van der Waals surface area contributed by atoms with Gasteiger partial charge in [0.1, 0.15) is 11.5 Å². The van der Waals surface area contributed by atoms with Crippen LogP contribution in [0.1, 0.15) is 44.6 Å². The SMILES string of the molecule is COc1ccc(CN(C)CC(=O)c2[nH]c(C)c(C(C)=O)c2C)c(OC)c1. The Morgan fingerprint density at radius 3 is 2.38 bits per heavy atom. The molecule has 0 bridgehead atoms. The highest BCUT2D eigenvalue weighted by Gasteiger charge is 2.21. The molecule has 0 unspecified atom stereocenters. The van der Waals surface area contributed by atoms with Crippen LogP contribution in [0.25, 0.3) is 0 Å². The minimum Gasteiger partial charge on any atom is -0.497 e. The normalized spacial score (nSPS) is 10.9. The number of H-pyrrole nitrogens is 1. The van der Waals surface area contributed by atoms with E-state index in [2.05, 4.69) is 4.98 Å². The molecular formula is C20H26N2O4. The zero-order valence-electron chi connectivity index (χ0n) is 16.2. The number of carbonyl (C=O) groups excluding carboxylic acids is 2. The number of hydrogen-bond donors (Lipinski definition) is 1. The monoisotopic (exact) mass is 358 g/mol. The Bertz CT molecular complexity index is 823. The van der Waals surface area contributed by atoms with Gasteiger partial charge in [-0.3, -0.25) is 14.5 Å². The second kappa shape index (κ2) is 8.19. The number of ether oxygens (including phenoxy) is 2. The lowest BCUT2D eigenvalue weighted by Gasteiger charge is -2.18. The van der Waals surface area contributed by atoms with E-state index in [1.165, 1.54) is 6.92 Å². The van der Waals surface area contributed by atoms with E-state index < -0.39 is 0 Å². The van der Waals surface area contributed by atoms with Crippen molar-refractivity contribution in [2.24, 2.45) is 0 Å². The molecule has 140 valence electrons. The summed E-state index contributed by atoms with van der Waals surface area (Å²) in [7, 11) is 5.09. The number of carbonyl (C=O) groups is 2. The van der Waals surface area contributed by atoms with Crippen LogP contribution in [0.2, 0.25) is 0 Å². The highest BCUT2D eigenvalue weighted by Crippen LogP contribution is 2.26. The van der Waals surface area contributed by atoms with Gasteiger partial charge < -0.3 is 14.5 Å². The highest BCUT2D eigenvalue weighted by molar-refractivity contribution is 6.03. The van der Waals surface area contributed by atoms with Gasteiger partial charge in [-0.1, -0.05) is 6.07 Å². The number of aromatic nitrogens is 1. The van der Waals surface area contributed by atoms with Gasteiger partial charge in [0.2, 0.25) is 0 Å². The zero-order chi connectivity index (χ0) is 19.4. The molecule has 0 fully saturated rings. The summed E-state index contributed by atoms with van der Waals surface area (Å²) in [5, 5.41) is 0. The van der Waals surface area contributed by atoms with Crippen LogP contribution >= 0.6 is 0 Å². The number of Topliss-reactive ketones (excluding diaryl/α,β-unsaturated/α-hetero) is 2. The molecule has 0 atom stereocenters. The Labute approximate surface area is 154 Å². The van der Waals surface area contributed by atoms with Gasteiger partial charge in [0.15, 0.2) is 11.6 Å². The van der Waals surface area contributed by atoms with Gasteiger partial charge in [0, 0.05) is 29.4 Å². The van der Waals surface area contributed by atoms with E-state index in [1.807, 2.05) is 37.1 Å². The highest BCUT2D eigenvalue weighted by atomic mass is 16.5. The second-order valence-electron chi connectivity index (χ2n) is 6.45. The average Bonchev–Trinajstić information content (AvgIpc) is 2.89. The lowest BCUT2D eigenvalue weighted by molar-refractivity contribution is 0.0937. The number of aromatic amines is 1. The van der Waals surface area contributed by atoms with E-state index >= 15 is 0 Å². The van der Waals surface area contributed by atoms with Crippen molar-refractivity contribution in [2.45, 2.75) is 27.3 Å². The molecule has 1 N–H and O–H groups in total. The number of likely N-dealkylation sites (N-methyl/N-ethyl adjacent to an activating group) is 1. The first-order valence-electron chi connectivity index (χ1n) is 8.41. The van der Waals surface area contributed by atoms with Crippen molar-refractivity contribution in [3.8, 4) is 11.5 Å². The third-order valence-electron chi connectivity index (χ3n) is 4.42. The predicted molar refractivity (Wildman–Crippen MR) is 100 cm³/mol. The fraction of sp³-hybridized carbons (Fsp3) is 0.400. The number of nitrogens with one attached hydrogen (secondary N) is 1. The molecule has 1 heterocycles. The maximum atomic E-state index is 12.7. The van der Waals surface area contributed by atoms with Crippen LogP contribution in [-0.4, -0.2) is 49.3 Å². The third kappa shape index (κ3) is 4.14. The van der Waals surface area contributed by atoms with Gasteiger partial charge in [-0.15, -0.1) is 0 Å². The molecule has 1 aromatic heterocycles. The smallest absolute Gasteiger partial charge is 0.193 e. The zero-order valence-corrected chi connectivity index (χ0v) is 16.2. The molecule has 2 aromatic rings. The van der Waals surface area contributed by atoms with Crippen LogP contribution in [0.3, 0.4) is 0 Å². The first kappa shape index (κ1) is 19.7. The van der Waals surface area contributed by atoms with E-state index in [4.69, 9.17) is 9.47 Å². The van der Waals surface area contributed by atoms with Crippen molar-refractivity contribution in [1.82, 2.24) is 9.88 Å². The van der Waals surface area contributed by atoms with E-state index in [0.29, 0.717) is 17.8 Å². The third-order valence-corrected chi connectivity index (χ3v) is 4.42. The van der Waals surface area contributed by atoms with Crippen LogP contribution in [0.5, 0.6) is 11.5 Å². The average molecular weight is 358 g/mol. The quantitative estimate of drug-likeness (QED) is 0.734. The first-order valence-corrected chi connectivity index (χ1v) is 8.41. The standard InChI is InChI=1S/C20H26N2O4/c1-12-19(14(3)23)13(2)21-20(12)17(24)11-22(4)10-15-7-8-16(25-5)9-18(15)26-6/h7-9,21H,10-11H2,1-6H3. The summed E-state index contributed by atoms with van der Waals surface area (Å²) in [5.74, 6) is 1.35. The molecule has 1 aromatic carbocycles. The number of aryl methyl sites for hydroxylation is 1. The largest absolute Gasteiger partial charge is 0.497 e. The van der Waals surface area contributed by atoms with Crippen molar-refractivity contribution in [3.05, 3.63) is 46.3 Å².